The van der Waals surface area contributed by atoms with E-state index in [0.29, 0.717) is 11.5 Å². The van der Waals surface area contributed by atoms with Crippen molar-refractivity contribution in [1.29, 1.82) is 0 Å². The molecule has 0 saturated carbocycles. The quantitative estimate of drug-likeness (QED) is 0.876. The molecule has 3 atom stereocenters. The van der Waals surface area contributed by atoms with Gasteiger partial charge in [0.25, 0.3) is 0 Å². The molecule has 4 heteroatoms. The van der Waals surface area contributed by atoms with Crippen molar-refractivity contribution < 1.29 is 9.50 Å². The van der Waals surface area contributed by atoms with Crippen LogP contribution in [-0.4, -0.2) is 30.8 Å². The highest BCUT2D eigenvalue weighted by Gasteiger charge is 2.32. The molecule has 0 spiro atoms. The molecule has 1 saturated heterocycles. The van der Waals surface area contributed by atoms with E-state index in [1.807, 2.05) is 6.07 Å². The fourth-order valence-corrected chi connectivity index (χ4v) is 3.28. The van der Waals surface area contributed by atoms with Gasteiger partial charge in [0.2, 0.25) is 0 Å². The molecule has 2 rings (SSSR count). The van der Waals surface area contributed by atoms with E-state index in [1.54, 1.807) is 13.0 Å². The van der Waals surface area contributed by atoms with E-state index in [-0.39, 0.29) is 24.5 Å². The highest BCUT2D eigenvalue weighted by molar-refractivity contribution is 5.58. The number of aryl methyl sites for hydroxylation is 1. The maximum absolute atomic E-state index is 14.0. The van der Waals surface area contributed by atoms with E-state index in [0.717, 1.165) is 30.8 Å². The van der Waals surface area contributed by atoms with E-state index in [2.05, 4.69) is 31.0 Å². The lowest BCUT2D eigenvalue weighted by Gasteiger charge is -2.31. The molecule has 0 aliphatic carbocycles. The lowest BCUT2D eigenvalue weighted by atomic mass is 10.00. The fourth-order valence-electron chi connectivity index (χ4n) is 3.28. The van der Waals surface area contributed by atoms with E-state index in [4.69, 9.17) is 0 Å². The Kier molecular flexibility index (Phi) is 5.22. The molecule has 3 unspecified atom stereocenters. The summed E-state index contributed by atoms with van der Waals surface area (Å²) in [6, 6.07) is 3.80. The van der Waals surface area contributed by atoms with Crippen LogP contribution in [0.1, 0.15) is 44.4 Å². The third-order valence-electron chi connectivity index (χ3n) is 4.66. The summed E-state index contributed by atoms with van der Waals surface area (Å²) in [5, 5.41) is 13.1. The predicted molar refractivity (Wildman–Crippen MR) is 85.2 cm³/mol. The van der Waals surface area contributed by atoms with E-state index >= 15 is 0 Å². The zero-order valence-corrected chi connectivity index (χ0v) is 13.5. The maximum Gasteiger partial charge on any atom is 0.126 e. The van der Waals surface area contributed by atoms with E-state index in [9.17, 15) is 9.50 Å². The number of nitrogens with one attached hydrogen (secondary N) is 1. The summed E-state index contributed by atoms with van der Waals surface area (Å²) >= 11 is 0. The third-order valence-corrected chi connectivity index (χ3v) is 4.66. The number of hydrogen-bond acceptors (Lipinski definition) is 3. The first-order valence-corrected chi connectivity index (χ1v) is 7.90. The molecule has 21 heavy (non-hydrogen) atoms. The van der Waals surface area contributed by atoms with E-state index in [1.165, 1.54) is 0 Å². The van der Waals surface area contributed by atoms with Crippen LogP contribution in [0.5, 0.6) is 0 Å². The zero-order valence-electron chi connectivity index (χ0n) is 13.5. The molecular weight excluding hydrogens is 267 g/mol. The Balaban J connectivity index is 2.43. The number of benzene rings is 1. The fraction of sp³-hybridized carbons (Fsp3) is 0.647. The number of nitrogens with zero attached hydrogens (tertiary/aromatic N) is 1. The molecule has 2 N–H and O–H groups in total. The average Bonchev–Trinajstić information content (AvgIpc) is 2.82. The number of hydrogen-bond donors (Lipinski definition) is 2. The summed E-state index contributed by atoms with van der Waals surface area (Å²) in [7, 11) is 0. The van der Waals surface area contributed by atoms with Gasteiger partial charge in [-0.05, 0) is 56.0 Å². The van der Waals surface area contributed by atoms with Gasteiger partial charge in [-0.2, -0.15) is 0 Å². The summed E-state index contributed by atoms with van der Waals surface area (Å²) in [6.07, 6.45) is 1.07. The van der Waals surface area contributed by atoms with Gasteiger partial charge in [0.05, 0.1) is 12.6 Å². The van der Waals surface area contributed by atoms with Crippen molar-refractivity contribution >= 4 is 5.69 Å². The molecule has 0 radical (unpaired) electrons. The van der Waals surface area contributed by atoms with Crippen LogP contribution in [0.15, 0.2) is 12.1 Å². The van der Waals surface area contributed by atoms with Crippen LogP contribution in [0, 0.1) is 18.7 Å². The summed E-state index contributed by atoms with van der Waals surface area (Å²) in [5.41, 5.74) is 2.70. The van der Waals surface area contributed by atoms with Gasteiger partial charge in [-0.1, -0.05) is 13.8 Å². The molecule has 0 aromatic heterocycles. The van der Waals surface area contributed by atoms with Crippen molar-refractivity contribution in [2.45, 2.75) is 46.2 Å². The summed E-state index contributed by atoms with van der Waals surface area (Å²) in [5.74, 6) is 0.300. The molecule has 0 bridgehead atoms. The molecule has 1 aliphatic heterocycles. The molecule has 1 aromatic carbocycles. The van der Waals surface area contributed by atoms with Crippen LogP contribution >= 0.6 is 0 Å². The largest absolute Gasteiger partial charge is 0.394 e. The number of aliphatic hydroxyl groups is 1. The topological polar surface area (TPSA) is 35.5 Å². The van der Waals surface area contributed by atoms with Gasteiger partial charge in [-0.25, -0.2) is 4.39 Å². The van der Waals surface area contributed by atoms with Gasteiger partial charge in [-0.3, -0.25) is 0 Å². The minimum atomic E-state index is -0.161. The highest BCUT2D eigenvalue weighted by atomic mass is 19.1. The Morgan fingerprint density at radius 2 is 2.19 bits per heavy atom. The van der Waals surface area contributed by atoms with Crippen LogP contribution in [0.2, 0.25) is 0 Å². The number of aliphatic hydroxyl groups excluding tert-OH is 1. The van der Waals surface area contributed by atoms with Crippen LogP contribution in [0.25, 0.3) is 0 Å². The molecule has 0 amide bonds. The average molecular weight is 294 g/mol. The van der Waals surface area contributed by atoms with Crippen LogP contribution in [-0.2, 0) is 0 Å². The first-order valence-electron chi connectivity index (χ1n) is 7.90. The molecule has 1 fully saturated rings. The predicted octanol–water partition coefficient (Wildman–Crippen LogP) is 3.01. The Bertz CT molecular complexity index is 492. The summed E-state index contributed by atoms with van der Waals surface area (Å²) in [4.78, 5) is 2.25. The number of halogens is 1. The number of anilines is 1. The Morgan fingerprint density at radius 1 is 1.48 bits per heavy atom. The second kappa shape index (κ2) is 6.75. The van der Waals surface area contributed by atoms with Gasteiger partial charge in [0.1, 0.15) is 5.82 Å². The van der Waals surface area contributed by atoms with Crippen molar-refractivity contribution in [2.75, 3.05) is 24.6 Å². The van der Waals surface area contributed by atoms with Crippen molar-refractivity contribution in [3.63, 3.8) is 0 Å². The SMILES string of the molecule is CCNC(C)c1cc(F)c(C)cc1N1CCC(C)C1CO. The molecular formula is C17H27FN2O. The van der Waals surface area contributed by atoms with Crippen molar-refractivity contribution in [1.82, 2.24) is 5.32 Å². The first kappa shape index (κ1) is 16.2. The second-order valence-corrected chi connectivity index (χ2v) is 6.15. The number of rotatable bonds is 5. The van der Waals surface area contributed by atoms with Crippen molar-refractivity contribution in [3.8, 4) is 0 Å². The normalized spacial score (nSPS) is 23.6. The molecule has 1 aliphatic rings. The van der Waals surface area contributed by atoms with Crippen LogP contribution in [0.3, 0.4) is 0 Å². The lowest BCUT2D eigenvalue weighted by molar-refractivity contribution is 0.244. The monoisotopic (exact) mass is 294 g/mol. The molecule has 118 valence electrons. The minimum absolute atomic E-state index is 0.0929. The zero-order chi connectivity index (χ0) is 15.6. The summed E-state index contributed by atoms with van der Waals surface area (Å²) < 4.78 is 14.0. The Labute approximate surface area is 127 Å². The van der Waals surface area contributed by atoms with Gasteiger partial charge < -0.3 is 15.3 Å². The van der Waals surface area contributed by atoms with Gasteiger partial charge in [0, 0.05) is 18.3 Å². The highest BCUT2D eigenvalue weighted by Crippen LogP contribution is 2.35. The summed E-state index contributed by atoms with van der Waals surface area (Å²) in [6.45, 7) is 9.99. The lowest BCUT2D eigenvalue weighted by Crippen LogP contribution is -2.36. The van der Waals surface area contributed by atoms with Gasteiger partial charge >= 0.3 is 0 Å². The Hall–Kier alpha value is -1.13. The van der Waals surface area contributed by atoms with Gasteiger partial charge in [0.15, 0.2) is 0 Å². The third kappa shape index (κ3) is 3.22. The Morgan fingerprint density at radius 3 is 2.81 bits per heavy atom. The second-order valence-electron chi connectivity index (χ2n) is 6.15. The molecule has 1 heterocycles. The first-order chi connectivity index (χ1) is 9.99. The maximum atomic E-state index is 14.0. The molecule has 3 nitrogen and oxygen atoms in total. The smallest absolute Gasteiger partial charge is 0.126 e. The van der Waals surface area contributed by atoms with Crippen LogP contribution in [0.4, 0.5) is 10.1 Å². The van der Waals surface area contributed by atoms with E-state index < -0.39 is 0 Å². The van der Waals surface area contributed by atoms with Gasteiger partial charge in [-0.15, -0.1) is 0 Å². The van der Waals surface area contributed by atoms with Crippen LogP contribution < -0.4 is 10.2 Å². The van der Waals surface area contributed by atoms with Crippen molar-refractivity contribution in [2.24, 2.45) is 5.92 Å². The van der Waals surface area contributed by atoms with Crippen molar-refractivity contribution in [3.05, 3.63) is 29.1 Å². The minimum Gasteiger partial charge on any atom is -0.394 e. The standard InChI is InChI=1S/C17H27FN2O/c1-5-19-13(4)14-9-15(18)12(3)8-16(14)20-7-6-11(2)17(20)10-21/h8-9,11,13,17,19,21H,5-7,10H2,1-4H3. The molecule has 1 aromatic rings.